The fourth-order valence-corrected chi connectivity index (χ4v) is 5.05. The van der Waals surface area contributed by atoms with Gasteiger partial charge in [-0.25, -0.2) is 9.97 Å². The van der Waals surface area contributed by atoms with E-state index in [-0.39, 0.29) is 11.5 Å². The van der Waals surface area contributed by atoms with Crippen LogP contribution < -0.4 is 5.56 Å². The summed E-state index contributed by atoms with van der Waals surface area (Å²) >= 11 is 2.94. The lowest BCUT2D eigenvalue weighted by Gasteiger charge is -2.34. The fraction of sp³-hybridized carbons (Fsp3) is 0.300. The van der Waals surface area contributed by atoms with Crippen LogP contribution in [-0.2, 0) is 17.8 Å². The van der Waals surface area contributed by atoms with E-state index in [0.717, 1.165) is 35.2 Å². The van der Waals surface area contributed by atoms with Crippen LogP contribution in [0.2, 0.25) is 0 Å². The molecule has 0 N–H and O–H groups in total. The van der Waals surface area contributed by atoms with Crippen molar-refractivity contribution in [2.45, 2.75) is 13.0 Å². The first-order valence-corrected chi connectivity index (χ1v) is 11.4. The number of aromatic nitrogens is 3. The fourth-order valence-electron chi connectivity index (χ4n) is 3.52. The van der Waals surface area contributed by atoms with Crippen LogP contribution in [0.3, 0.4) is 0 Å². The Bertz CT molecular complexity index is 1220. The second-order valence-corrected chi connectivity index (χ2v) is 8.83. The standard InChI is InChI=1S/C20H19N5O3S2/c26-17(11-15-13-30-19(21-15)16-2-1-8-28-16)24-5-3-23(4-6-24)12-14-10-18(27)25-7-9-29-20(25)22-14/h1-2,7-10,13H,3-6,11-12H2. The number of hydrogen-bond donors (Lipinski definition) is 0. The Hall–Kier alpha value is -2.82. The molecule has 8 nitrogen and oxygen atoms in total. The Labute approximate surface area is 180 Å². The van der Waals surface area contributed by atoms with E-state index in [4.69, 9.17) is 4.42 Å². The Morgan fingerprint density at radius 2 is 2.00 bits per heavy atom. The summed E-state index contributed by atoms with van der Waals surface area (Å²) in [6.07, 6.45) is 3.65. The van der Waals surface area contributed by atoms with E-state index >= 15 is 0 Å². The monoisotopic (exact) mass is 441 g/mol. The SMILES string of the molecule is O=C(Cc1csc(-c2ccco2)n1)N1CCN(Cc2cc(=O)n3ccsc3n2)CC1. The van der Waals surface area contributed by atoms with Gasteiger partial charge in [0.05, 0.1) is 24.1 Å². The van der Waals surface area contributed by atoms with E-state index in [1.54, 1.807) is 22.9 Å². The first-order valence-electron chi connectivity index (χ1n) is 9.60. The normalized spacial score (nSPS) is 15.1. The Morgan fingerprint density at radius 1 is 1.13 bits per heavy atom. The molecule has 0 aromatic carbocycles. The zero-order valence-corrected chi connectivity index (χ0v) is 17.7. The summed E-state index contributed by atoms with van der Waals surface area (Å²) in [7, 11) is 0. The highest BCUT2D eigenvalue weighted by Crippen LogP contribution is 2.24. The molecule has 0 radical (unpaired) electrons. The van der Waals surface area contributed by atoms with Crippen LogP contribution in [0.4, 0.5) is 0 Å². The minimum atomic E-state index is -0.0535. The van der Waals surface area contributed by atoms with Gasteiger partial charge in [0.15, 0.2) is 15.7 Å². The predicted octanol–water partition coefficient (Wildman–Crippen LogP) is 2.36. The summed E-state index contributed by atoms with van der Waals surface area (Å²) < 4.78 is 6.92. The number of piperazine rings is 1. The molecular weight excluding hydrogens is 422 g/mol. The maximum absolute atomic E-state index is 12.7. The lowest BCUT2D eigenvalue weighted by Crippen LogP contribution is -2.48. The lowest BCUT2D eigenvalue weighted by atomic mass is 10.2. The van der Waals surface area contributed by atoms with Gasteiger partial charge in [0.25, 0.3) is 5.56 Å². The number of carbonyl (C=O) groups is 1. The van der Waals surface area contributed by atoms with E-state index in [1.165, 1.54) is 22.7 Å². The second-order valence-electron chi connectivity index (χ2n) is 7.10. The number of rotatable bonds is 5. The smallest absolute Gasteiger partial charge is 0.258 e. The van der Waals surface area contributed by atoms with Crippen molar-refractivity contribution in [2.75, 3.05) is 26.2 Å². The van der Waals surface area contributed by atoms with Crippen molar-refractivity contribution in [2.24, 2.45) is 0 Å². The van der Waals surface area contributed by atoms with Crippen molar-refractivity contribution in [3.8, 4) is 10.8 Å². The number of thiazole rings is 2. The maximum Gasteiger partial charge on any atom is 0.258 e. The van der Waals surface area contributed by atoms with Crippen LogP contribution in [-0.4, -0.2) is 56.3 Å². The van der Waals surface area contributed by atoms with E-state index in [9.17, 15) is 9.59 Å². The summed E-state index contributed by atoms with van der Waals surface area (Å²) in [5.41, 5.74) is 1.49. The van der Waals surface area contributed by atoms with E-state index < -0.39 is 0 Å². The molecule has 1 aliphatic rings. The summed E-state index contributed by atoms with van der Waals surface area (Å²) in [5.74, 6) is 0.809. The van der Waals surface area contributed by atoms with Crippen LogP contribution >= 0.6 is 22.7 Å². The molecule has 30 heavy (non-hydrogen) atoms. The minimum Gasteiger partial charge on any atom is -0.462 e. The van der Waals surface area contributed by atoms with Gasteiger partial charge in [-0.2, -0.15) is 0 Å². The van der Waals surface area contributed by atoms with Crippen molar-refractivity contribution in [3.05, 3.63) is 63.2 Å². The average molecular weight is 442 g/mol. The van der Waals surface area contributed by atoms with Crippen LogP contribution in [0.25, 0.3) is 15.7 Å². The Kier molecular flexibility index (Phi) is 5.19. The molecule has 0 saturated carbocycles. The van der Waals surface area contributed by atoms with Gasteiger partial charge in [-0.15, -0.1) is 22.7 Å². The van der Waals surface area contributed by atoms with Crippen molar-refractivity contribution < 1.29 is 9.21 Å². The predicted molar refractivity (Wildman–Crippen MR) is 115 cm³/mol. The number of carbonyl (C=O) groups excluding carboxylic acids is 1. The van der Waals surface area contributed by atoms with Gasteiger partial charge in [-0.05, 0) is 12.1 Å². The summed E-state index contributed by atoms with van der Waals surface area (Å²) in [5, 5.41) is 4.56. The third-order valence-corrected chi connectivity index (χ3v) is 6.75. The molecule has 0 unspecified atom stereocenters. The highest BCUT2D eigenvalue weighted by atomic mass is 32.1. The molecule has 0 atom stereocenters. The number of hydrogen-bond acceptors (Lipinski definition) is 8. The van der Waals surface area contributed by atoms with Gasteiger partial charge in [0, 0.05) is 55.7 Å². The maximum atomic E-state index is 12.7. The molecule has 0 spiro atoms. The second kappa shape index (κ2) is 8.13. The van der Waals surface area contributed by atoms with Crippen LogP contribution in [0.5, 0.6) is 0 Å². The van der Waals surface area contributed by atoms with Crippen LogP contribution in [0.1, 0.15) is 11.4 Å². The molecule has 1 saturated heterocycles. The zero-order chi connectivity index (χ0) is 20.5. The molecule has 1 fully saturated rings. The van der Waals surface area contributed by atoms with Gasteiger partial charge >= 0.3 is 0 Å². The molecule has 4 aromatic rings. The number of furan rings is 1. The molecule has 1 aliphatic heterocycles. The van der Waals surface area contributed by atoms with Gasteiger partial charge in [-0.1, -0.05) is 0 Å². The average Bonchev–Trinajstić information content (AvgIpc) is 3.50. The highest BCUT2D eigenvalue weighted by Gasteiger charge is 2.22. The van der Waals surface area contributed by atoms with Crippen molar-refractivity contribution in [3.63, 3.8) is 0 Å². The molecule has 5 heterocycles. The van der Waals surface area contributed by atoms with Crippen LogP contribution in [0, 0.1) is 0 Å². The van der Waals surface area contributed by atoms with E-state index in [1.807, 2.05) is 27.8 Å². The summed E-state index contributed by atoms with van der Waals surface area (Å²) in [4.78, 5) is 38.7. The molecule has 0 aliphatic carbocycles. The quantitative estimate of drug-likeness (QED) is 0.473. The number of amides is 1. The molecule has 10 heteroatoms. The van der Waals surface area contributed by atoms with Crippen molar-refractivity contribution in [1.29, 1.82) is 0 Å². The van der Waals surface area contributed by atoms with Gasteiger partial charge in [0.2, 0.25) is 5.91 Å². The third kappa shape index (κ3) is 3.93. The third-order valence-electron chi connectivity index (χ3n) is 5.08. The molecule has 5 rings (SSSR count). The van der Waals surface area contributed by atoms with Gasteiger partial charge in [0.1, 0.15) is 0 Å². The van der Waals surface area contributed by atoms with Crippen LogP contribution in [0.15, 0.2) is 50.6 Å². The Morgan fingerprint density at radius 3 is 2.80 bits per heavy atom. The first-order chi connectivity index (χ1) is 14.7. The van der Waals surface area contributed by atoms with Gasteiger partial charge in [-0.3, -0.25) is 18.9 Å². The lowest BCUT2D eigenvalue weighted by molar-refractivity contribution is -0.132. The molecule has 1 amide bonds. The van der Waals surface area contributed by atoms with Gasteiger partial charge < -0.3 is 9.32 Å². The molecular formula is C20H19N5O3S2. The van der Waals surface area contributed by atoms with Crippen molar-refractivity contribution >= 4 is 33.5 Å². The van der Waals surface area contributed by atoms with E-state index in [2.05, 4.69) is 14.9 Å². The zero-order valence-electron chi connectivity index (χ0n) is 16.1. The van der Waals surface area contributed by atoms with E-state index in [0.29, 0.717) is 31.0 Å². The number of nitrogens with zero attached hydrogens (tertiary/aromatic N) is 5. The highest BCUT2D eigenvalue weighted by molar-refractivity contribution is 7.15. The first kappa shape index (κ1) is 19.2. The number of fused-ring (bicyclic) bond motifs is 1. The largest absolute Gasteiger partial charge is 0.462 e. The molecule has 154 valence electrons. The topological polar surface area (TPSA) is 84.0 Å². The molecule has 0 bridgehead atoms. The minimum absolute atomic E-state index is 0.0535. The summed E-state index contributed by atoms with van der Waals surface area (Å²) in [6.45, 7) is 3.45. The van der Waals surface area contributed by atoms with Crippen molar-refractivity contribution in [1.82, 2.24) is 24.2 Å². The summed E-state index contributed by atoms with van der Waals surface area (Å²) in [6, 6.07) is 5.28. The molecule has 4 aromatic heterocycles. The Balaban J connectivity index is 1.16.